The number of hydrogen-bond donors (Lipinski definition) is 1. The predicted octanol–water partition coefficient (Wildman–Crippen LogP) is 3.03. The molecule has 0 aromatic rings. The van der Waals surface area contributed by atoms with Gasteiger partial charge in [-0.25, -0.2) is 0 Å². The third-order valence-electron chi connectivity index (χ3n) is 5.74. The van der Waals surface area contributed by atoms with Crippen molar-refractivity contribution in [3.8, 4) is 0 Å². The molecule has 0 radical (unpaired) electrons. The van der Waals surface area contributed by atoms with E-state index >= 15 is 0 Å². The minimum absolute atomic E-state index is 0.120. The van der Waals surface area contributed by atoms with Crippen LogP contribution in [0.5, 0.6) is 0 Å². The largest absolute Gasteiger partial charge is 0.378 e. The molecule has 2 fully saturated rings. The summed E-state index contributed by atoms with van der Waals surface area (Å²) in [5.74, 6) is 1.69. The highest BCUT2D eigenvalue weighted by molar-refractivity contribution is 5.01. The monoisotopic (exact) mass is 282 g/mol. The van der Waals surface area contributed by atoms with Gasteiger partial charge >= 0.3 is 0 Å². The molecule has 2 aliphatic rings. The summed E-state index contributed by atoms with van der Waals surface area (Å²) in [6.45, 7) is 12.9. The molecule has 3 nitrogen and oxygen atoms in total. The van der Waals surface area contributed by atoms with Crippen molar-refractivity contribution in [2.45, 2.75) is 70.9 Å². The third kappa shape index (κ3) is 3.20. The Labute approximate surface area is 125 Å². The molecule has 0 aromatic carbocycles. The van der Waals surface area contributed by atoms with Crippen LogP contribution in [0.1, 0.15) is 59.8 Å². The molecule has 2 unspecified atom stereocenters. The molecule has 3 heteroatoms. The maximum absolute atomic E-state index is 6.30. The van der Waals surface area contributed by atoms with Crippen LogP contribution in [-0.4, -0.2) is 42.3 Å². The summed E-state index contributed by atoms with van der Waals surface area (Å²) in [4.78, 5) is 2.69. The Morgan fingerprint density at radius 1 is 1.25 bits per heavy atom. The van der Waals surface area contributed by atoms with Gasteiger partial charge in [0.05, 0.1) is 13.2 Å². The maximum atomic E-state index is 6.30. The molecule has 2 rings (SSSR count). The number of ether oxygens (including phenoxy) is 1. The summed E-state index contributed by atoms with van der Waals surface area (Å²) < 4.78 is 5.70. The highest BCUT2D eigenvalue weighted by atomic mass is 16.5. The van der Waals surface area contributed by atoms with Crippen LogP contribution >= 0.6 is 0 Å². The summed E-state index contributed by atoms with van der Waals surface area (Å²) in [7, 11) is 0. The van der Waals surface area contributed by atoms with Crippen molar-refractivity contribution in [1.29, 1.82) is 0 Å². The Morgan fingerprint density at radius 3 is 2.60 bits per heavy atom. The topological polar surface area (TPSA) is 38.5 Å². The van der Waals surface area contributed by atoms with Gasteiger partial charge in [0, 0.05) is 24.2 Å². The van der Waals surface area contributed by atoms with Crippen LogP contribution in [0.4, 0.5) is 0 Å². The second kappa shape index (κ2) is 6.33. The van der Waals surface area contributed by atoms with Crippen LogP contribution in [0.25, 0.3) is 0 Å². The van der Waals surface area contributed by atoms with Crippen LogP contribution in [0.2, 0.25) is 0 Å². The molecule has 1 aliphatic heterocycles. The molecular formula is C17H34N2O. The highest BCUT2D eigenvalue weighted by Crippen LogP contribution is 2.40. The SMILES string of the molecule is CC(C)C1CCCC(CN)(N2CCOCC2(C)C)CC1. The lowest BCUT2D eigenvalue weighted by Crippen LogP contribution is -2.65. The molecule has 1 heterocycles. The van der Waals surface area contributed by atoms with Gasteiger partial charge in [0.1, 0.15) is 0 Å². The molecule has 0 bridgehead atoms. The quantitative estimate of drug-likeness (QED) is 0.809. The second-order valence-corrected chi connectivity index (χ2v) is 7.88. The fraction of sp³-hybridized carbons (Fsp3) is 1.00. The molecule has 0 amide bonds. The normalized spacial score (nSPS) is 36.0. The highest BCUT2D eigenvalue weighted by Gasteiger charge is 2.45. The minimum atomic E-state index is 0.120. The standard InChI is InChI=1S/C17H34N2O/c1-14(2)15-6-5-8-17(12-18,9-7-15)19-10-11-20-13-16(19,3)4/h14-15H,5-13,18H2,1-4H3. The average Bonchev–Trinajstić information content (AvgIpc) is 2.61. The minimum Gasteiger partial charge on any atom is -0.378 e. The van der Waals surface area contributed by atoms with Gasteiger partial charge in [0.2, 0.25) is 0 Å². The first kappa shape index (κ1) is 16.3. The molecule has 1 saturated heterocycles. The van der Waals surface area contributed by atoms with Crippen LogP contribution in [0.3, 0.4) is 0 Å². The van der Waals surface area contributed by atoms with Crippen LogP contribution in [-0.2, 0) is 4.74 Å². The number of rotatable bonds is 3. The smallest absolute Gasteiger partial charge is 0.0645 e. The third-order valence-corrected chi connectivity index (χ3v) is 5.74. The van der Waals surface area contributed by atoms with E-state index in [4.69, 9.17) is 10.5 Å². The number of nitrogens with two attached hydrogens (primary N) is 1. The number of nitrogens with zero attached hydrogens (tertiary/aromatic N) is 1. The summed E-state index contributed by atoms with van der Waals surface area (Å²) in [6.07, 6.45) is 6.56. The molecule has 2 atom stereocenters. The summed E-state index contributed by atoms with van der Waals surface area (Å²) in [5, 5.41) is 0. The van der Waals surface area contributed by atoms with Gasteiger partial charge in [-0.15, -0.1) is 0 Å². The molecule has 1 aliphatic carbocycles. The van der Waals surface area contributed by atoms with Gasteiger partial charge in [-0.1, -0.05) is 26.7 Å². The first-order valence-corrected chi connectivity index (χ1v) is 8.47. The Balaban J connectivity index is 2.16. The van der Waals surface area contributed by atoms with E-state index < -0.39 is 0 Å². The molecule has 0 spiro atoms. The van der Waals surface area contributed by atoms with Crippen LogP contribution in [0, 0.1) is 11.8 Å². The Morgan fingerprint density at radius 2 is 2.00 bits per heavy atom. The molecular weight excluding hydrogens is 248 g/mol. The fourth-order valence-electron chi connectivity index (χ4n) is 4.41. The van der Waals surface area contributed by atoms with Crippen molar-refractivity contribution >= 4 is 0 Å². The lowest BCUT2D eigenvalue weighted by Gasteiger charge is -2.53. The average molecular weight is 282 g/mol. The van der Waals surface area contributed by atoms with E-state index in [1.807, 2.05) is 0 Å². The molecule has 2 N–H and O–H groups in total. The predicted molar refractivity (Wildman–Crippen MR) is 84.8 cm³/mol. The summed E-state index contributed by atoms with van der Waals surface area (Å²) in [5.41, 5.74) is 6.62. The van der Waals surface area contributed by atoms with E-state index in [-0.39, 0.29) is 11.1 Å². The van der Waals surface area contributed by atoms with Crippen LogP contribution < -0.4 is 5.73 Å². The van der Waals surface area contributed by atoms with Gasteiger partial charge in [0.15, 0.2) is 0 Å². The zero-order chi connectivity index (χ0) is 14.8. The van der Waals surface area contributed by atoms with Crippen molar-refractivity contribution < 1.29 is 4.74 Å². The zero-order valence-corrected chi connectivity index (χ0v) is 14.0. The molecule has 118 valence electrons. The Hall–Kier alpha value is -0.120. The molecule has 20 heavy (non-hydrogen) atoms. The van der Waals surface area contributed by atoms with Crippen molar-refractivity contribution in [1.82, 2.24) is 4.90 Å². The lowest BCUT2D eigenvalue weighted by molar-refractivity contribution is -0.108. The van der Waals surface area contributed by atoms with Crippen molar-refractivity contribution in [2.24, 2.45) is 17.6 Å². The van der Waals surface area contributed by atoms with Crippen molar-refractivity contribution in [3.63, 3.8) is 0 Å². The van der Waals surface area contributed by atoms with E-state index in [1.165, 1.54) is 32.1 Å². The van der Waals surface area contributed by atoms with Crippen molar-refractivity contribution in [3.05, 3.63) is 0 Å². The van der Waals surface area contributed by atoms with Gasteiger partial charge in [-0.3, -0.25) is 4.90 Å². The van der Waals surface area contributed by atoms with E-state index in [1.54, 1.807) is 0 Å². The van der Waals surface area contributed by atoms with E-state index in [0.717, 1.165) is 38.1 Å². The first-order valence-electron chi connectivity index (χ1n) is 8.47. The molecule has 1 saturated carbocycles. The van der Waals surface area contributed by atoms with Gasteiger partial charge in [-0.05, 0) is 44.9 Å². The number of hydrogen-bond acceptors (Lipinski definition) is 3. The van der Waals surface area contributed by atoms with E-state index in [0.29, 0.717) is 0 Å². The van der Waals surface area contributed by atoms with Crippen molar-refractivity contribution in [2.75, 3.05) is 26.3 Å². The summed E-state index contributed by atoms with van der Waals surface area (Å²) in [6, 6.07) is 0. The summed E-state index contributed by atoms with van der Waals surface area (Å²) >= 11 is 0. The van der Waals surface area contributed by atoms with Crippen LogP contribution in [0.15, 0.2) is 0 Å². The van der Waals surface area contributed by atoms with E-state index in [2.05, 4.69) is 32.6 Å². The molecule has 0 aromatic heterocycles. The van der Waals surface area contributed by atoms with Gasteiger partial charge in [-0.2, -0.15) is 0 Å². The maximum Gasteiger partial charge on any atom is 0.0645 e. The van der Waals surface area contributed by atoms with Gasteiger partial charge in [0.25, 0.3) is 0 Å². The second-order valence-electron chi connectivity index (χ2n) is 7.88. The Kier molecular flexibility index (Phi) is 5.14. The van der Waals surface area contributed by atoms with Gasteiger partial charge < -0.3 is 10.5 Å². The van der Waals surface area contributed by atoms with E-state index in [9.17, 15) is 0 Å². The zero-order valence-electron chi connectivity index (χ0n) is 14.0. The lowest BCUT2D eigenvalue weighted by atomic mass is 9.82. The Bertz CT molecular complexity index is 316. The fourth-order valence-corrected chi connectivity index (χ4v) is 4.41. The first-order chi connectivity index (χ1) is 9.41. The number of morpholine rings is 1.